The van der Waals surface area contributed by atoms with Gasteiger partial charge in [0.2, 0.25) is 5.95 Å². The number of benzene rings is 1. The average molecular weight is 369 g/mol. The summed E-state index contributed by atoms with van der Waals surface area (Å²) < 4.78 is 15.6. The van der Waals surface area contributed by atoms with Gasteiger partial charge in [-0.2, -0.15) is 15.1 Å². The Morgan fingerprint density at radius 2 is 1.96 bits per heavy atom. The van der Waals surface area contributed by atoms with E-state index >= 15 is 0 Å². The van der Waals surface area contributed by atoms with Crippen molar-refractivity contribution in [2.75, 3.05) is 36.8 Å². The van der Waals surface area contributed by atoms with Crippen LogP contribution >= 0.6 is 0 Å². The molecule has 27 heavy (non-hydrogen) atoms. The minimum atomic E-state index is -0.499. The summed E-state index contributed by atoms with van der Waals surface area (Å²) in [5.41, 5.74) is 6.81. The maximum absolute atomic E-state index is 13.9. The van der Waals surface area contributed by atoms with Crippen LogP contribution in [-0.2, 0) is 7.05 Å². The summed E-state index contributed by atoms with van der Waals surface area (Å²) >= 11 is 0. The summed E-state index contributed by atoms with van der Waals surface area (Å²) in [7, 11) is 1.80. The van der Waals surface area contributed by atoms with Crippen molar-refractivity contribution < 1.29 is 9.18 Å². The molecule has 0 atom stereocenters. The van der Waals surface area contributed by atoms with E-state index in [4.69, 9.17) is 5.73 Å². The number of aryl methyl sites for hydroxylation is 1. The zero-order valence-corrected chi connectivity index (χ0v) is 15.0. The summed E-state index contributed by atoms with van der Waals surface area (Å²) in [4.78, 5) is 25.3. The predicted octanol–water partition coefficient (Wildman–Crippen LogP) is 1.44. The molecule has 1 aromatic carbocycles. The van der Waals surface area contributed by atoms with Crippen LogP contribution in [0.3, 0.4) is 0 Å². The third-order valence-electron chi connectivity index (χ3n) is 4.78. The summed E-state index contributed by atoms with van der Waals surface area (Å²) in [5.74, 6) is 0.106. The first-order valence-electron chi connectivity index (χ1n) is 8.78. The van der Waals surface area contributed by atoms with Crippen LogP contribution in [0.2, 0.25) is 0 Å². The number of hydrogen-bond acceptors (Lipinski definition) is 6. The van der Waals surface area contributed by atoms with Crippen LogP contribution in [-0.4, -0.2) is 56.7 Å². The van der Waals surface area contributed by atoms with Crippen LogP contribution in [0, 0.1) is 5.82 Å². The molecule has 0 aliphatic carbocycles. The second-order valence-corrected chi connectivity index (χ2v) is 6.53. The SMILES string of the molecule is Cn1ncc2c(N)nc(N3CCCN(C(=O)c4ccccc4F)CC3)nc21. The summed E-state index contributed by atoms with van der Waals surface area (Å²) in [6.07, 6.45) is 2.37. The minimum absolute atomic E-state index is 0.0998. The minimum Gasteiger partial charge on any atom is -0.383 e. The molecule has 2 N–H and O–H groups in total. The Bertz CT molecular complexity index is 1000. The van der Waals surface area contributed by atoms with Gasteiger partial charge in [-0.25, -0.2) is 4.39 Å². The van der Waals surface area contributed by atoms with E-state index in [1.54, 1.807) is 35.0 Å². The number of rotatable bonds is 2. The molecule has 140 valence electrons. The maximum Gasteiger partial charge on any atom is 0.256 e. The molecular formula is C18H20FN7O. The Hall–Kier alpha value is -3.23. The van der Waals surface area contributed by atoms with Gasteiger partial charge in [0, 0.05) is 33.2 Å². The lowest BCUT2D eigenvalue weighted by Crippen LogP contribution is -2.36. The third kappa shape index (κ3) is 3.16. The number of amides is 1. The van der Waals surface area contributed by atoms with Gasteiger partial charge in [-0.3, -0.25) is 9.48 Å². The van der Waals surface area contributed by atoms with E-state index in [1.807, 2.05) is 4.90 Å². The quantitative estimate of drug-likeness (QED) is 0.735. The van der Waals surface area contributed by atoms with E-state index in [0.29, 0.717) is 49.0 Å². The normalized spacial score (nSPS) is 15.2. The largest absolute Gasteiger partial charge is 0.383 e. The summed E-state index contributed by atoms with van der Waals surface area (Å²) in [6.45, 7) is 2.24. The number of carbonyl (C=O) groups excluding carboxylic acids is 1. The number of hydrogen-bond donors (Lipinski definition) is 1. The van der Waals surface area contributed by atoms with Gasteiger partial charge in [-0.1, -0.05) is 12.1 Å². The fourth-order valence-electron chi connectivity index (χ4n) is 3.30. The van der Waals surface area contributed by atoms with Crippen molar-refractivity contribution >= 4 is 28.7 Å². The number of nitrogens with two attached hydrogens (primary N) is 1. The van der Waals surface area contributed by atoms with Crippen molar-refractivity contribution in [3.05, 3.63) is 41.8 Å². The molecule has 3 heterocycles. The second kappa shape index (κ2) is 6.82. The van der Waals surface area contributed by atoms with E-state index in [2.05, 4.69) is 15.1 Å². The number of halogens is 1. The fourth-order valence-corrected chi connectivity index (χ4v) is 3.30. The van der Waals surface area contributed by atoms with Crippen molar-refractivity contribution in [3.8, 4) is 0 Å². The van der Waals surface area contributed by atoms with Gasteiger partial charge in [0.1, 0.15) is 11.6 Å². The second-order valence-electron chi connectivity index (χ2n) is 6.53. The average Bonchev–Trinajstić information content (AvgIpc) is 2.89. The summed E-state index contributed by atoms with van der Waals surface area (Å²) in [5, 5.41) is 4.88. The zero-order chi connectivity index (χ0) is 19.0. The molecule has 1 aliphatic rings. The highest BCUT2D eigenvalue weighted by Crippen LogP contribution is 2.22. The lowest BCUT2D eigenvalue weighted by molar-refractivity contribution is 0.0762. The van der Waals surface area contributed by atoms with Gasteiger partial charge in [0.25, 0.3) is 5.91 Å². The van der Waals surface area contributed by atoms with Crippen LogP contribution in [0.25, 0.3) is 11.0 Å². The molecule has 0 spiro atoms. The fraction of sp³-hybridized carbons (Fsp3) is 0.333. The van der Waals surface area contributed by atoms with E-state index < -0.39 is 5.82 Å². The monoisotopic (exact) mass is 369 g/mol. The zero-order valence-electron chi connectivity index (χ0n) is 15.0. The molecule has 4 rings (SSSR count). The van der Waals surface area contributed by atoms with Crippen molar-refractivity contribution in [3.63, 3.8) is 0 Å². The van der Waals surface area contributed by atoms with Crippen LogP contribution in [0.4, 0.5) is 16.2 Å². The lowest BCUT2D eigenvalue weighted by atomic mass is 10.2. The van der Waals surface area contributed by atoms with Gasteiger partial charge in [0.05, 0.1) is 17.1 Å². The Kier molecular flexibility index (Phi) is 4.35. The molecule has 1 saturated heterocycles. The number of carbonyl (C=O) groups is 1. The molecule has 2 aromatic heterocycles. The predicted molar refractivity (Wildman–Crippen MR) is 99.8 cm³/mol. The third-order valence-corrected chi connectivity index (χ3v) is 4.78. The van der Waals surface area contributed by atoms with Crippen LogP contribution in [0.15, 0.2) is 30.5 Å². The smallest absolute Gasteiger partial charge is 0.256 e. The van der Waals surface area contributed by atoms with Gasteiger partial charge in [0.15, 0.2) is 5.65 Å². The van der Waals surface area contributed by atoms with Crippen molar-refractivity contribution in [2.45, 2.75) is 6.42 Å². The molecule has 1 fully saturated rings. The Balaban J connectivity index is 1.54. The van der Waals surface area contributed by atoms with E-state index in [-0.39, 0.29) is 11.5 Å². The number of nitrogens with zero attached hydrogens (tertiary/aromatic N) is 6. The van der Waals surface area contributed by atoms with Gasteiger partial charge in [-0.05, 0) is 18.6 Å². The highest BCUT2D eigenvalue weighted by Gasteiger charge is 2.24. The van der Waals surface area contributed by atoms with E-state index in [9.17, 15) is 9.18 Å². The van der Waals surface area contributed by atoms with Gasteiger partial charge >= 0.3 is 0 Å². The Labute approximate surface area is 155 Å². The molecule has 9 heteroatoms. The van der Waals surface area contributed by atoms with Crippen LogP contribution in [0.5, 0.6) is 0 Å². The van der Waals surface area contributed by atoms with Crippen molar-refractivity contribution in [1.82, 2.24) is 24.6 Å². The first kappa shape index (κ1) is 17.2. The van der Waals surface area contributed by atoms with Gasteiger partial charge < -0.3 is 15.5 Å². The number of anilines is 2. The van der Waals surface area contributed by atoms with E-state index in [1.165, 1.54) is 12.1 Å². The standard InChI is InChI=1S/C18H20FN7O/c1-24-16-13(11-21-24)15(20)22-18(23-16)26-8-4-7-25(9-10-26)17(27)12-5-2-3-6-14(12)19/h2-3,5-6,11H,4,7-10H2,1H3,(H2,20,22,23). The maximum atomic E-state index is 13.9. The Morgan fingerprint density at radius 3 is 2.78 bits per heavy atom. The molecule has 1 aliphatic heterocycles. The molecular weight excluding hydrogens is 349 g/mol. The number of nitrogen functional groups attached to an aromatic ring is 1. The molecule has 0 radical (unpaired) electrons. The lowest BCUT2D eigenvalue weighted by Gasteiger charge is -2.22. The van der Waals surface area contributed by atoms with Crippen molar-refractivity contribution in [1.29, 1.82) is 0 Å². The number of aromatic nitrogens is 4. The first-order chi connectivity index (χ1) is 13.0. The number of fused-ring (bicyclic) bond motifs is 1. The molecule has 8 nitrogen and oxygen atoms in total. The molecule has 0 saturated carbocycles. The van der Waals surface area contributed by atoms with Crippen molar-refractivity contribution in [2.24, 2.45) is 7.05 Å². The molecule has 1 amide bonds. The summed E-state index contributed by atoms with van der Waals surface area (Å²) in [6, 6.07) is 6.06. The highest BCUT2D eigenvalue weighted by molar-refractivity contribution is 5.94. The van der Waals surface area contributed by atoms with Crippen LogP contribution in [0.1, 0.15) is 16.8 Å². The topological polar surface area (TPSA) is 93.2 Å². The van der Waals surface area contributed by atoms with Crippen LogP contribution < -0.4 is 10.6 Å². The molecule has 0 unspecified atom stereocenters. The molecule has 3 aromatic rings. The molecule has 0 bridgehead atoms. The Morgan fingerprint density at radius 1 is 1.15 bits per heavy atom. The first-order valence-corrected chi connectivity index (χ1v) is 8.78. The van der Waals surface area contributed by atoms with E-state index in [0.717, 1.165) is 6.42 Å². The highest BCUT2D eigenvalue weighted by atomic mass is 19.1. The van der Waals surface area contributed by atoms with Gasteiger partial charge in [-0.15, -0.1) is 0 Å².